The highest BCUT2D eigenvalue weighted by Crippen LogP contribution is 2.40. The van der Waals surface area contributed by atoms with E-state index in [-0.39, 0.29) is 12.3 Å². The Morgan fingerprint density at radius 1 is 0.943 bits per heavy atom. The first kappa shape index (κ1) is 39.9. The summed E-state index contributed by atoms with van der Waals surface area (Å²) in [7, 11) is 0. The lowest BCUT2D eigenvalue weighted by molar-refractivity contribution is -0.116. The van der Waals surface area contributed by atoms with Crippen LogP contribution in [0.3, 0.4) is 0 Å². The van der Waals surface area contributed by atoms with Crippen LogP contribution < -0.4 is 15.4 Å². The van der Waals surface area contributed by atoms with Gasteiger partial charge in [0, 0.05) is 45.7 Å². The summed E-state index contributed by atoms with van der Waals surface area (Å²) in [5, 5.41) is 16.4. The Labute approximate surface area is 321 Å². The molecule has 0 bridgehead atoms. The number of carbonyl (C=O) groups is 2. The number of benzene rings is 2. The molecule has 0 radical (unpaired) electrons. The maximum Gasteiger partial charge on any atom is 0.407 e. The Bertz CT molecular complexity index is 1980. The van der Waals surface area contributed by atoms with Gasteiger partial charge in [-0.2, -0.15) is 0 Å². The first-order chi connectivity index (χ1) is 24.8. The second kappa shape index (κ2) is 16.0. The van der Waals surface area contributed by atoms with Gasteiger partial charge in [0.15, 0.2) is 5.82 Å². The van der Waals surface area contributed by atoms with Gasteiger partial charge < -0.3 is 24.8 Å². The number of nitrogens with one attached hydrogen (secondary N) is 2. The summed E-state index contributed by atoms with van der Waals surface area (Å²) in [6.45, 7) is 20.5. The van der Waals surface area contributed by atoms with E-state index in [9.17, 15) is 9.59 Å². The third-order valence-electron chi connectivity index (χ3n) is 8.84. The zero-order chi connectivity index (χ0) is 38.7. The van der Waals surface area contributed by atoms with Gasteiger partial charge in [-0.3, -0.25) is 14.4 Å². The predicted molar refractivity (Wildman–Crippen MR) is 211 cm³/mol. The maximum absolute atomic E-state index is 13.7. The number of aliphatic imine (C=N–C) groups is 1. The molecule has 0 unspecified atom stereocenters. The first-order valence-electron chi connectivity index (χ1n) is 17.9. The molecule has 2 aromatic carbocycles. The number of rotatable bonds is 13. The summed E-state index contributed by atoms with van der Waals surface area (Å²) in [5.74, 6) is 1.76. The number of anilines is 1. The first-order valence-corrected chi connectivity index (χ1v) is 19.1. The van der Waals surface area contributed by atoms with Crippen molar-refractivity contribution in [2.75, 3.05) is 18.5 Å². The monoisotopic (exact) mass is 762 g/mol. The number of halogens is 1. The molecule has 0 aliphatic carbocycles. The van der Waals surface area contributed by atoms with Crippen LogP contribution >= 0.6 is 22.9 Å². The van der Waals surface area contributed by atoms with E-state index in [0.29, 0.717) is 48.3 Å². The molecule has 1 atom stereocenters. The second-order valence-corrected chi connectivity index (χ2v) is 17.2. The molecule has 0 saturated carbocycles. The van der Waals surface area contributed by atoms with Crippen LogP contribution in [0.15, 0.2) is 53.5 Å². The lowest BCUT2D eigenvalue weighted by atomic mass is 9.99. The van der Waals surface area contributed by atoms with Gasteiger partial charge in [-0.15, -0.1) is 21.5 Å². The smallest absolute Gasteiger partial charge is 0.407 e. The van der Waals surface area contributed by atoms with E-state index in [2.05, 4.69) is 34.7 Å². The molecule has 2 amide bonds. The Kier molecular flexibility index (Phi) is 12.1. The fourth-order valence-electron chi connectivity index (χ4n) is 5.95. The largest absolute Gasteiger partial charge is 0.488 e. The van der Waals surface area contributed by atoms with E-state index in [0.717, 1.165) is 33.2 Å². The van der Waals surface area contributed by atoms with Gasteiger partial charge in [0.25, 0.3) is 0 Å². The van der Waals surface area contributed by atoms with Gasteiger partial charge in [0.1, 0.15) is 33.8 Å². The van der Waals surface area contributed by atoms with Crippen molar-refractivity contribution in [2.24, 2.45) is 4.99 Å². The van der Waals surface area contributed by atoms with Gasteiger partial charge in [-0.1, -0.05) is 29.8 Å². The van der Waals surface area contributed by atoms with Gasteiger partial charge in [0.2, 0.25) is 5.91 Å². The normalized spacial score (nSPS) is 14.5. The SMILES string of the molecule is Cc1sc2c(c1C)C(c1ccc(Cl)cc1)=N[C@@H](CC(=O)Nc1cccc(OC(C)(C)CCOC(C)(C)CCNC(=O)OC(C)(C)C)c1)c1nnc(C)n1-2. The van der Waals surface area contributed by atoms with Crippen LogP contribution in [0, 0.1) is 20.8 Å². The molecular weight excluding hydrogens is 712 g/mol. The number of carbonyl (C=O) groups excluding carboxylic acids is 2. The molecule has 13 heteroatoms. The summed E-state index contributed by atoms with van der Waals surface area (Å²) in [4.78, 5) is 32.1. The summed E-state index contributed by atoms with van der Waals surface area (Å²) in [5.41, 5.74) is 2.90. The van der Waals surface area contributed by atoms with Crippen molar-refractivity contribution < 1.29 is 23.8 Å². The number of alkyl carbamates (subject to hydrolysis) is 1. The fourth-order valence-corrected chi connectivity index (χ4v) is 7.29. The predicted octanol–water partition coefficient (Wildman–Crippen LogP) is 9.09. The molecule has 2 N–H and O–H groups in total. The molecule has 0 fully saturated rings. The van der Waals surface area contributed by atoms with Crippen molar-refractivity contribution in [3.63, 3.8) is 0 Å². The van der Waals surface area contributed by atoms with Gasteiger partial charge in [-0.25, -0.2) is 4.79 Å². The Morgan fingerprint density at radius 2 is 1.66 bits per heavy atom. The number of thiophene rings is 1. The zero-order valence-electron chi connectivity index (χ0n) is 32.3. The maximum atomic E-state index is 13.7. The average molecular weight is 763 g/mol. The van der Waals surface area contributed by atoms with Crippen LogP contribution in [-0.2, 0) is 14.3 Å². The minimum Gasteiger partial charge on any atom is -0.488 e. The number of nitrogens with zero attached hydrogens (tertiary/aromatic N) is 4. The molecule has 11 nitrogen and oxygen atoms in total. The lowest BCUT2D eigenvalue weighted by Gasteiger charge is -2.30. The van der Waals surface area contributed by atoms with Crippen LogP contribution in [0.2, 0.25) is 5.02 Å². The van der Waals surface area contributed by atoms with E-state index in [1.54, 1.807) is 11.3 Å². The van der Waals surface area contributed by atoms with Gasteiger partial charge >= 0.3 is 6.09 Å². The number of aryl methyl sites for hydroxylation is 2. The van der Waals surface area contributed by atoms with E-state index in [1.807, 2.05) is 108 Å². The molecule has 4 aromatic rings. The standard InChI is InChI=1S/C40H51ClN6O5S/c1-24-25(2)53-36-33(24)34(27-14-16-28(41)17-15-27)44-31(35-46-45-26(3)47(35)36)23-32(48)43-29-12-11-13-30(22-29)51-40(9,10)19-21-50-39(7,8)18-20-42-37(49)52-38(4,5)6/h11-17,22,31H,18-21,23H2,1-10H3,(H,42,49)(H,43,48)/t31-/m0/s1. The van der Waals surface area contributed by atoms with E-state index in [4.69, 9.17) is 30.8 Å². The fraction of sp³-hybridized carbons (Fsp3) is 0.475. The molecule has 3 heterocycles. The van der Waals surface area contributed by atoms with Gasteiger partial charge in [0.05, 0.1) is 24.3 Å². The van der Waals surface area contributed by atoms with Crippen molar-refractivity contribution in [1.29, 1.82) is 0 Å². The molecule has 284 valence electrons. The van der Waals surface area contributed by atoms with E-state index < -0.39 is 28.9 Å². The Hall–Kier alpha value is -4.26. The van der Waals surface area contributed by atoms with Crippen LogP contribution in [-0.4, -0.2) is 62.4 Å². The summed E-state index contributed by atoms with van der Waals surface area (Å²) >= 11 is 7.92. The molecule has 1 aliphatic rings. The summed E-state index contributed by atoms with van der Waals surface area (Å²) in [6.07, 6.45) is 0.853. The molecular formula is C40H51ClN6O5S. The summed E-state index contributed by atoms with van der Waals surface area (Å²) in [6, 6.07) is 14.4. The third kappa shape index (κ3) is 10.5. The quantitative estimate of drug-likeness (QED) is 0.139. The topological polar surface area (TPSA) is 129 Å². The highest BCUT2D eigenvalue weighted by molar-refractivity contribution is 7.15. The van der Waals surface area contributed by atoms with Crippen LogP contribution in [0.1, 0.15) is 107 Å². The second-order valence-electron chi connectivity index (χ2n) is 15.6. The zero-order valence-corrected chi connectivity index (χ0v) is 33.9. The molecule has 1 aliphatic heterocycles. The van der Waals surface area contributed by atoms with Crippen molar-refractivity contribution in [2.45, 2.75) is 111 Å². The molecule has 2 aromatic heterocycles. The molecule has 5 rings (SSSR count). The lowest BCUT2D eigenvalue weighted by Crippen LogP contribution is -2.37. The van der Waals surface area contributed by atoms with E-state index in [1.165, 1.54) is 4.88 Å². The minimum atomic E-state index is -0.586. The highest BCUT2D eigenvalue weighted by Gasteiger charge is 2.33. The Balaban J connectivity index is 1.23. The molecule has 0 saturated heterocycles. The minimum absolute atomic E-state index is 0.0548. The third-order valence-corrected chi connectivity index (χ3v) is 10.3. The van der Waals surface area contributed by atoms with E-state index >= 15 is 0 Å². The number of amides is 2. The Morgan fingerprint density at radius 3 is 2.36 bits per heavy atom. The summed E-state index contributed by atoms with van der Waals surface area (Å²) < 4.78 is 19.9. The number of fused-ring (bicyclic) bond motifs is 3. The number of ether oxygens (including phenoxy) is 3. The van der Waals surface area contributed by atoms with Crippen molar-refractivity contribution in [3.05, 3.63) is 86.8 Å². The van der Waals surface area contributed by atoms with Crippen molar-refractivity contribution >= 4 is 46.3 Å². The molecule has 0 spiro atoms. The van der Waals surface area contributed by atoms with Crippen molar-refractivity contribution in [1.82, 2.24) is 20.1 Å². The number of hydrogen-bond donors (Lipinski definition) is 2. The molecule has 53 heavy (non-hydrogen) atoms. The van der Waals surface area contributed by atoms with Crippen molar-refractivity contribution in [3.8, 4) is 10.8 Å². The average Bonchev–Trinajstić information content (AvgIpc) is 3.52. The van der Waals surface area contributed by atoms with Crippen LogP contribution in [0.25, 0.3) is 5.00 Å². The van der Waals surface area contributed by atoms with Gasteiger partial charge in [-0.05, 0) is 105 Å². The van der Waals surface area contributed by atoms with Crippen LogP contribution in [0.5, 0.6) is 5.75 Å². The number of aromatic nitrogens is 3. The number of hydrogen-bond acceptors (Lipinski definition) is 9. The highest BCUT2D eigenvalue weighted by atomic mass is 35.5. The van der Waals surface area contributed by atoms with Crippen LogP contribution in [0.4, 0.5) is 10.5 Å².